The number of halogens is 5. The standard InChI is InChI=1S/C24H26F5N3OS/c1-15(2)14-20(22(31)33)32(13-12-30)21(23(25,26)24(27,28)29)18-6-4-16(5-7-18)17-8-10-19(34-3)11-9-17/h4-11,15,20-21H,13-14H2,1-3H3,(H2,31,33)/t20-,21-/m0/s1. The van der Waals surface area contributed by atoms with Gasteiger partial charge in [0.05, 0.1) is 18.7 Å². The number of rotatable bonds is 10. The lowest BCUT2D eigenvalue weighted by Crippen LogP contribution is -2.56. The van der Waals surface area contributed by atoms with Gasteiger partial charge in [-0.1, -0.05) is 50.2 Å². The fraction of sp³-hybridized carbons (Fsp3) is 0.417. The van der Waals surface area contributed by atoms with E-state index in [1.165, 1.54) is 24.3 Å². The molecule has 4 nitrogen and oxygen atoms in total. The number of carbonyl (C=O) groups excluding carboxylic acids is 1. The van der Waals surface area contributed by atoms with Crippen molar-refractivity contribution in [2.75, 3.05) is 12.8 Å². The van der Waals surface area contributed by atoms with Crippen molar-refractivity contribution in [3.05, 3.63) is 54.1 Å². The minimum Gasteiger partial charge on any atom is -0.368 e. The summed E-state index contributed by atoms with van der Waals surface area (Å²) in [5.41, 5.74) is 6.39. The van der Waals surface area contributed by atoms with Crippen LogP contribution in [0.15, 0.2) is 53.4 Å². The second-order valence-corrected chi connectivity index (χ2v) is 9.13. The molecule has 2 rings (SSSR count). The highest BCUT2D eigenvalue weighted by Crippen LogP contribution is 2.48. The Hall–Kier alpha value is -2.64. The minimum atomic E-state index is -5.92. The Bertz CT molecular complexity index is 1000. The maximum Gasteiger partial charge on any atom is 0.455 e. The van der Waals surface area contributed by atoms with Crippen LogP contribution in [0.4, 0.5) is 22.0 Å². The van der Waals surface area contributed by atoms with Crippen molar-refractivity contribution in [3.8, 4) is 17.2 Å². The highest BCUT2D eigenvalue weighted by atomic mass is 32.2. The van der Waals surface area contributed by atoms with Crippen molar-refractivity contribution in [1.82, 2.24) is 4.90 Å². The Morgan fingerprint density at radius 2 is 1.53 bits per heavy atom. The van der Waals surface area contributed by atoms with Gasteiger partial charge in [0.1, 0.15) is 6.04 Å². The van der Waals surface area contributed by atoms with Crippen molar-refractivity contribution in [2.45, 2.75) is 49.3 Å². The van der Waals surface area contributed by atoms with Crippen LogP contribution < -0.4 is 5.73 Å². The molecular weight excluding hydrogens is 473 g/mol. The molecular formula is C24H26F5N3OS. The molecule has 0 saturated carbocycles. The zero-order chi connectivity index (χ0) is 25.7. The van der Waals surface area contributed by atoms with Crippen LogP contribution in [0.1, 0.15) is 31.9 Å². The summed E-state index contributed by atoms with van der Waals surface area (Å²) in [5, 5.41) is 9.23. The van der Waals surface area contributed by atoms with Crippen molar-refractivity contribution in [2.24, 2.45) is 11.7 Å². The van der Waals surface area contributed by atoms with Gasteiger partial charge >= 0.3 is 12.1 Å². The number of hydrogen-bond acceptors (Lipinski definition) is 4. The summed E-state index contributed by atoms with van der Waals surface area (Å²) in [4.78, 5) is 13.7. The Labute approximate surface area is 199 Å². The van der Waals surface area contributed by atoms with E-state index in [-0.39, 0.29) is 17.9 Å². The number of nitriles is 1. The zero-order valence-corrected chi connectivity index (χ0v) is 19.8. The molecule has 0 aliphatic carbocycles. The fourth-order valence-corrected chi connectivity index (χ4v) is 4.14. The molecule has 2 aromatic carbocycles. The van der Waals surface area contributed by atoms with E-state index in [0.29, 0.717) is 10.5 Å². The summed E-state index contributed by atoms with van der Waals surface area (Å²) >= 11 is 1.54. The SMILES string of the molecule is CSc1ccc(-c2ccc([C@H](N(CC#N)[C@@H](CC(C)C)C(N)=O)C(F)(F)C(F)(F)F)cc2)cc1. The average molecular weight is 500 g/mol. The molecule has 34 heavy (non-hydrogen) atoms. The number of nitrogens with two attached hydrogens (primary N) is 1. The molecule has 1 amide bonds. The third kappa shape index (κ3) is 6.27. The summed E-state index contributed by atoms with van der Waals surface area (Å²) in [7, 11) is 0. The first-order chi connectivity index (χ1) is 15.8. The van der Waals surface area contributed by atoms with E-state index in [1.807, 2.05) is 30.5 Å². The van der Waals surface area contributed by atoms with Crippen LogP contribution in [0, 0.1) is 17.2 Å². The lowest BCUT2D eigenvalue weighted by Gasteiger charge is -2.40. The van der Waals surface area contributed by atoms with Gasteiger partial charge in [-0.3, -0.25) is 9.69 Å². The summed E-state index contributed by atoms with van der Waals surface area (Å²) in [5.74, 6) is -6.57. The van der Waals surface area contributed by atoms with E-state index < -0.39 is 36.6 Å². The molecule has 0 spiro atoms. The third-order valence-electron chi connectivity index (χ3n) is 5.38. The molecule has 0 aliphatic heterocycles. The smallest absolute Gasteiger partial charge is 0.368 e. The number of thioether (sulfide) groups is 1. The molecule has 0 saturated heterocycles. The van der Waals surface area contributed by atoms with Crippen molar-refractivity contribution < 1.29 is 26.7 Å². The molecule has 0 aromatic heterocycles. The van der Waals surface area contributed by atoms with Gasteiger partial charge in [-0.15, -0.1) is 11.8 Å². The van der Waals surface area contributed by atoms with Crippen molar-refractivity contribution in [1.29, 1.82) is 5.26 Å². The molecule has 2 atom stereocenters. The number of amides is 1. The molecule has 0 radical (unpaired) electrons. The molecule has 2 N–H and O–H groups in total. The summed E-state index contributed by atoms with van der Waals surface area (Å²) < 4.78 is 70.4. The first kappa shape index (κ1) is 27.6. The Morgan fingerprint density at radius 1 is 1.03 bits per heavy atom. The Balaban J connectivity index is 2.61. The molecule has 0 bridgehead atoms. The number of nitrogens with zero attached hydrogens (tertiary/aromatic N) is 2. The van der Waals surface area contributed by atoms with Crippen LogP contribution >= 0.6 is 11.8 Å². The van der Waals surface area contributed by atoms with Gasteiger partial charge in [0.25, 0.3) is 0 Å². The van der Waals surface area contributed by atoms with Gasteiger partial charge in [0.2, 0.25) is 5.91 Å². The van der Waals surface area contributed by atoms with Crippen LogP contribution in [0.25, 0.3) is 11.1 Å². The van der Waals surface area contributed by atoms with Gasteiger partial charge < -0.3 is 5.73 Å². The Kier molecular flexibility index (Phi) is 9.08. The van der Waals surface area contributed by atoms with E-state index in [4.69, 9.17) is 5.73 Å². The van der Waals surface area contributed by atoms with Gasteiger partial charge in [-0.05, 0) is 47.4 Å². The number of primary amides is 1. The number of benzene rings is 2. The fourth-order valence-electron chi connectivity index (χ4n) is 3.73. The predicted molar refractivity (Wildman–Crippen MR) is 122 cm³/mol. The second-order valence-electron chi connectivity index (χ2n) is 8.25. The van der Waals surface area contributed by atoms with Gasteiger partial charge in [0.15, 0.2) is 0 Å². The first-order valence-corrected chi connectivity index (χ1v) is 11.7. The van der Waals surface area contributed by atoms with E-state index in [1.54, 1.807) is 31.7 Å². The van der Waals surface area contributed by atoms with E-state index in [9.17, 15) is 32.0 Å². The monoisotopic (exact) mass is 499 g/mol. The van der Waals surface area contributed by atoms with Gasteiger partial charge in [-0.2, -0.15) is 27.2 Å². The molecule has 0 fully saturated rings. The quantitative estimate of drug-likeness (QED) is 0.246. The molecule has 184 valence electrons. The molecule has 2 aromatic rings. The molecule has 0 heterocycles. The normalized spacial score (nSPS) is 14.1. The van der Waals surface area contributed by atoms with E-state index in [0.717, 1.165) is 10.5 Å². The van der Waals surface area contributed by atoms with Gasteiger partial charge in [0, 0.05) is 4.90 Å². The maximum absolute atomic E-state index is 14.9. The highest BCUT2D eigenvalue weighted by molar-refractivity contribution is 7.98. The average Bonchev–Trinajstić information content (AvgIpc) is 2.76. The number of alkyl halides is 5. The Morgan fingerprint density at radius 3 is 1.91 bits per heavy atom. The van der Waals surface area contributed by atoms with E-state index >= 15 is 0 Å². The highest BCUT2D eigenvalue weighted by Gasteiger charge is 2.65. The minimum absolute atomic E-state index is 0.0820. The molecule has 10 heteroatoms. The summed E-state index contributed by atoms with van der Waals surface area (Å²) in [6.45, 7) is 2.51. The summed E-state index contributed by atoms with van der Waals surface area (Å²) in [6.07, 6.45) is -4.09. The van der Waals surface area contributed by atoms with Crippen LogP contribution in [0.2, 0.25) is 0 Å². The summed E-state index contributed by atoms with van der Waals surface area (Å²) in [6, 6.07) is 10.1. The largest absolute Gasteiger partial charge is 0.455 e. The van der Waals surface area contributed by atoms with Crippen LogP contribution in [0.3, 0.4) is 0 Å². The first-order valence-electron chi connectivity index (χ1n) is 10.4. The maximum atomic E-state index is 14.9. The topological polar surface area (TPSA) is 70.1 Å². The van der Waals surface area contributed by atoms with Crippen LogP contribution in [-0.2, 0) is 4.79 Å². The lowest BCUT2D eigenvalue weighted by atomic mass is 9.92. The number of carbonyl (C=O) groups is 1. The molecule has 0 unspecified atom stereocenters. The van der Waals surface area contributed by atoms with Crippen LogP contribution in [-0.4, -0.2) is 41.7 Å². The van der Waals surface area contributed by atoms with Crippen LogP contribution in [0.5, 0.6) is 0 Å². The molecule has 0 aliphatic rings. The van der Waals surface area contributed by atoms with Gasteiger partial charge in [-0.25, -0.2) is 0 Å². The van der Waals surface area contributed by atoms with Crippen molar-refractivity contribution in [3.63, 3.8) is 0 Å². The third-order valence-corrected chi connectivity index (χ3v) is 6.12. The van der Waals surface area contributed by atoms with E-state index in [2.05, 4.69) is 0 Å². The predicted octanol–water partition coefficient (Wildman–Crippen LogP) is 6.04. The zero-order valence-electron chi connectivity index (χ0n) is 18.9. The second kappa shape index (κ2) is 11.2. The van der Waals surface area contributed by atoms with Crippen molar-refractivity contribution >= 4 is 17.7 Å². The number of hydrogen-bond donors (Lipinski definition) is 1. The lowest BCUT2D eigenvalue weighted by molar-refractivity contribution is -0.306.